The summed E-state index contributed by atoms with van der Waals surface area (Å²) in [6.45, 7) is -0.497. The third kappa shape index (κ3) is 1.61. The van der Waals surface area contributed by atoms with Gasteiger partial charge >= 0.3 is 11.9 Å². The van der Waals surface area contributed by atoms with Gasteiger partial charge in [-0.2, -0.15) is 23.1 Å². The summed E-state index contributed by atoms with van der Waals surface area (Å²) in [5.41, 5.74) is -0.959. The molecule has 8 heteroatoms. The summed E-state index contributed by atoms with van der Waals surface area (Å²) < 4.78 is 37.3. The molecular formula is C6H5F3N4O. The van der Waals surface area contributed by atoms with Crippen molar-refractivity contribution in [3.63, 3.8) is 0 Å². The summed E-state index contributed by atoms with van der Waals surface area (Å²) in [6.07, 6.45) is -4.69. The average molecular weight is 206 g/mol. The fraction of sp³-hybridized carbons (Fsp3) is 0.500. The molecule has 1 heterocycles. The molecule has 0 aliphatic carbocycles. The molecule has 1 aromatic rings. The van der Waals surface area contributed by atoms with Gasteiger partial charge in [0.15, 0.2) is 0 Å². The van der Waals surface area contributed by atoms with Gasteiger partial charge in [0.1, 0.15) is 6.54 Å². The van der Waals surface area contributed by atoms with E-state index < -0.39 is 24.2 Å². The molecule has 0 N–H and O–H groups in total. The van der Waals surface area contributed by atoms with Crippen LogP contribution in [-0.4, -0.2) is 14.3 Å². The molecule has 0 aliphatic rings. The molecule has 0 saturated carbocycles. The van der Waals surface area contributed by atoms with Crippen LogP contribution in [0.25, 0.3) is 0 Å². The van der Waals surface area contributed by atoms with Crippen LogP contribution in [0.4, 0.5) is 13.2 Å². The van der Waals surface area contributed by atoms with Gasteiger partial charge in [-0.05, 0) is 0 Å². The Hall–Kier alpha value is -1.78. The highest BCUT2D eigenvalue weighted by atomic mass is 19.4. The van der Waals surface area contributed by atoms with Crippen molar-refractivity contribution >= 4 is 0 Å². The Morgan fingerprint density at radius 1 is 1.57 bits per heavy atom. The topological polar surface area (TPSA) is 63.6 Å². The van der Waals surface area contributed by atoms with Crippen molar-refractivity contribution in [1.29, 1.82) is 5.26 Å². The average Bonchev–Trinajstić information content (AvgIpc) is 2.32. The van der Waals surface area contributed by atoms with E-state index in [-0.39, 0.29) is 0 Å². The quantitative estimate of drug-likeness (QED) is 0.655. The number of nitriles is 1. The minimum atomic E-state index is -4.69. The summed E-state index contributed by atoms with van der Waals surface area (Å²) in [5.74, 6) is -1.31. The van der Waals surface area contributed by atoms with Crippen molar-refractivity contribution in [3.8, 4) is 6.07 Å². The van der Waals surface area contributed by atoms with Crippen LogP contribution in [-0.2, 0) is 19.8 Å². The summed E-state index contributed by atoms with van der Waals surface area (Å²) in [5, 5.41) is 11.2. The third-order valence-electron chi connectivity index (χ3n) is 1.51. The molecular weight excluding hydrogens is 201 g/mol. The number of alkyl halides is 3. The first-order chi connectivity index (χ1) is 6.38. The van der Waals surface area contributed by atoms with Gasteiger partial charge in [-0.1, -0.05) is 0 Å². The van der Waals surface area contributed by atoms with Gasteiger partial charge in [0, 0.05) is 7.05 Å². The predicted molar refractivity (Wildman–Crippen MR) is 38.1 cm³/mol. The van der Waals surface area contributed by atoms with Crippen LogP contribution in [0, 0.1) is 11.3 Å². The van der Waals surface area contributed by atoms with Crippen LogP contribution in [0.2, 0.25) is 0 Å². The first-order valence-corrected chi connectivity index (χ1v) is 3.46. The van der Waals surface area contributed by atoms with E-state index in [1.807, 2.05) is 0 Å². The minimum absolute atomic E-state index is 0.358. The zero-order valence-electron chi connectivity index (χ0n) is 7.04. The van der Waals surface area contributed by atoms with Crippen LogP contribution in [0.5, 0.6) is 0 Å². The molecule has 0 aliphatic heterocycles. The standard InChI is InChI=1S/C6H5F3N4O/c1-12-4(6(7,8)9)11-13(3-2-10)5(12)14/h3H2,1H3. The monoisotopic (exact) mass is 206 g/mol. The van der Waals surface area contributed by atoms with Gasteiger partial charge in [0.2, 0.25) is 5.82 Å². The smallest absolute Gasteiger partial charge is 0.274 e. The number of rotatable bonds is 1. The number of hydrogen-bond acceptors (Lipinski definition) is 3. The maximum absolute atomic E-state index is 12.2. The Labute approximate surface area is 76.0 Å². The second-order valence-electron chi connectivity index (χ2n) is 2.48. The van der Waals surface area contributed by atoms with Gasteiger partial charge in [0.25, 0.3) is 0 Å². The van der Waals surface area contributed by atoms with Crippen LogP contribution in [0.15, 0.2) is 4.79 Å². The lowest BCUT2D eigenvalue weighted by molar-refractivity contribution is -0.147. The first kappa shape index (κ1) is 10.3. The molecule has 0 spiro atoms. The maximum Gasteiger partial charge on any atom is 0.451 e. The molecule has 0 radical (unpaired) electrons. The van der Waals surface area contributed by atoms with Gasteiger partial charge in [-0.15, -0.1) is 5.10 Å². The highest BCUT2D eigenvalue weighted by Gasteiger charge is 2.37. The fourth-order valence-corrected chi connectivity index (χ4v) is 0.905. The lowest BCUT2D eigenvalue weighted by Gasteiger charge is -2.02. The first-order valence-electron chi connectivity index (χ1n) is 3.46. The molecule has 0 bridgehead atoms. The maximum atomic E-state index is 12.2. The Balaban J connectivity index is 3.31. The van der Waals surface area contributed by atoms with Crippen LogP contribution in [0.3, 0.4) is 0 Å². The van der Waals surface area contributed by atoms with Crippen molar-refractivity contribution in [1.82, 2.24) is 14.3 Å². The molecule has 0 amide bonds. The van der Waals surface area contributed by atoms with E-state index >= 15 is 0 Å². The molecule has 0 fully saturated rings. The minimum Gasteiger partial charge on any atom is -0.274 e. The molecule has 0 saturated heterocycles. The van der Waals surface area contributed by atoms with Gasteiger partial charge in [-0.3, -0.25) is 4.57 Å². The highest BCUT2D eigenvalue weighted by Crippen LogP contribution is 2.25. The molecule has 0 atom stereocenters. The zero-order chi connectivity index (χ0) is 10.9. The van der Waals surface area contributed by atoms with E-state index in [1.165, 1.54) is 6.07 Å². The second-order valence-corrected chi connectivity index (χ2v) is 2.48. The Morgan fingerprint density at radius 3 is 2.50 bits per heavy atom. The fourth-order valence-electron chi connectivity index (χ4n) is 0.905. The van der Waals surface area contributed by atoms with Crippen molar-refractivity contribution in [3.05, 3.63) is 16.3 Å². The number of hydrogen-bond donors (Lipinski definition) is 0. The van der Waals surface area contributed by atoms with E-state index in [0.29, 0.717) is 9.25 Å². The van der Waals surface area contributed by atoms with Crippen molar-refractivity contribution in [2.45, 2.75) is 12.7 Å². The van der Waals surface area contributed by atoms with E-state index in [4.69, 9.17) is 5.26 Å². The van der Waals surface area contributed by atoms with E-state index in [9.17, 15) is 18.0 Å². The lowest BCUT2D eigenvalue weighted by atomic mass is 10.6. The SMILES string of the molecule is Cn1c(C(F)(F)F)nn(CC#N)c1=O. The van der Waals surface area contributed by atoms with E-state index in [1.54, 1.807) is 0 Å². The molecule has 14 heavy (non-hydrogen) atoms. The van der Waals surface area contributed by atoms with Crippen molar-refractivity contribution < 1.29 is 13.2 Å². The highest BCUT2D eigenvalue weighted by molar-refractivity contribution is 4.92. The molecule has 1 aromatic heterocycles. The summed E-state index contributed by atoms with van der Waals surface area (Å²) in [4.78, 5) is 11.0. The molecule has 1 rings (SSSR count). The summed E-state index contributed by atoms with van der Waals surface area (Å²) in [7, 11) is 0.950. The normalized spacial score (nSPS) is 11.4. The predicted octanol–water partition coefficient (Wildman–Crippen LogP) is 0.124. The van der Waals surface area contributed by atoms with Crippen molar-refractivity contribution in [2.24, 2.45) is 7.05 Å². The Morgan fingerprint density at radius 2 is 2.14 bits per heavy atom. The van der Waals surface area contributed by atoms with Crippen LogP contribution < -0.4 is 5.69 Å². The molecule has 0 unspecified atom stereocenters. The van der Waals surface area contributed by atoms with Gasteiger partial charge < -0.3 is 0 Å². The summed E-state index contributed by atoms with van der Waals surface area (Å²) >= 11 is 0. The largest absolute Gasteiger partial charge is 0.451 e. The molecule has 76 valence electrons. The molecule has 5 nitrogen and oxygen atoms in total. The second kappa shape index (κ2) is 3.17. The van der Waals surface area contributed by atoms with Crippen LogP contribution in [0.1, 0.15) is 5.82 Å². The number of nitrogens with zero attached hydrogens (tertiary/aromatic N) is 4. The van der Waals surface area contributed by atoms with Crippen molar-refractivity contribution in [2.75, 3.05) is 0 Å². The molecule has 0 aromatic carbocycles. The van der Waals surface area contributed by atoms with E-state index in [0.717, 1.165) is 7.05 Å². The van der Waals surface area contributed by atoms with E-state index in [2.05, 4.69) is 5.10 Å². The number of halogens is 3. The van der Waals surface area contributed by atoms with Crippen LogP contribution >= 0.6 is 0 Å². The Bertz CT molecular complexity index is 435. The summed E-state index contributed by atoms with van der Waals surface area (Å²) in [6, 6.07) is 1.54. The third-order valence-corrected chi connectivity index (χ3v) is 1.51. The van der Waals surface area contributed by atoms with Gasteiger partial charge in [-0.25, -0.2) is 4.79 Å². The zero-order valence-corrected chi connectivity index (χ0v) is 7.04. The lowest BCUT2D eigenvalue weighted by Crippen LogP contribution is -2.24. The Kier molecular flexibility index (Phi) is 2.33. The van der Waals surface area contributed by atoms with Gasteiger partial charge in [0.05, 0.1) is 6.07 Å². The number of aromatic nitrogens is 3.